The van der Waals surface area contributed by atoms with Gasteiger partial charge in [-0.2, -0.15) is 0 Å². The maximum absolute atomic E-state index is 12.8. The van der Waals surface area contributed by atoms with Crippen molar-refractivity contribution in [3.63, 3.8) is 0 Å². The van der Waals surface area contributed by atoms with Gasteiger partial charge in [-0.15, -0.1) is 0 Å². The number of hydrogen-bond donors (Lipinski definition) is 0. The Balaban J connectivity index is 1.17. The molecule has 0 aromatic heterocycles. The van der Waals surface area contributed by atoms with E-state index in [1.54, 1.807) is 12.1 Å². The van der Waals surface area contributed by atoms with Gasteiger partial charge >= 0.3 is 0 Å². The molecule has 7 heteroatoms. The quantitative estimate of drug-likeness (QED) is 0.149. The summed E-state index contributed by atoms with van der Waals surface area (Å²) in [5, 5.41) is 1.85. The molecule has 0 N–H and O–H groups in total. The fraction of sp³-hybridized carbons (Fsp3) is 0.231. The zero-order valence-corrected chi connectivity index (χ0v) is 25.9. The van der Waals surface area contributed by atoms with Gasteiger partial charge in [0.25, 0.3) is 11.8 Å². The molecule has 0 radical (unpaired) electrons. The zero-order valence-electron chi connectivity index (χ0n) is 25.9. The minimum Gasteiger partial charge on any atom is -0.492 e. The van der Waals surface area contributed by atoms with Crippen molar-refractivity contribution in [2.75, 3.05) is 33.3 Å². The van der Waals surface area contributed by atoms with Crippen LogP contribution in [0.4, 0.5) is 0 Å². The third-order valence-electron chi connectivity index (χ3n) is 8.76. The standard InChI is InChI=1S/C39H36N2O5/c1-40-38(42)35-18-11-29(25-36(35)39(40)43)33-17-10-28-24-32(45-26-27-8-4-2-5-9-27)16-19-34(28)37(33)46-31-14-12-30(13-15-31)44-23-22-41-20-6-3-7-21-41/h2,4-5,8-19,24-25H,3,6-7,20-23,26H2,1H3. The van der Waals surface area contributed by atoms with Crippen LogP contribution in [0.25, 0.3) is 21.9 Å². The zero-order chi connectivity index (χ0) is 31.5. The Morgan fingerprint density at radius 1 is 0.652 bits per heavy atom. The predicted molar refractivity (Wildman–Crippen MR) is 179 cm³/mol. The molecule has 0 atom stereocenters. The van der Waals surface area contributed by atoms with Gasteiger partial charge in [0, 0.05) is 24.5 Å². The number of carbonyl (C=O) groups is 2. The van der Waals surface area contributed by atoms with Gasteiger partial charge in [-0.05, 0) is 103 Å². The van der Waals surface area contributed by atoms with E-state index in [0.717, 1.165) is 63.5 Å². The van der Waals surface area contributed by atoms with Gasteiger partial charge in [0.15, 0.2) is 0 Å². The maximum atomic E-state index is 12.8. The van der Waals surface area contributed by atoms with Gasteiger partial charge in [-0.3, -0.25) is 19.4 Å². The summed E-state index contributed by atoms with van der Waals surface area (Å²) in [4.78, 5) is 29.0. The highest BCUT2D eigenvalue weighted by atomic mass is 16.5. The van der Waals surface area contributed by atoms with Crippen molar-refractivity contribution in [2.45, 2.75) is 25.9 Å². The molecule has 232 valence electrons. The second-order valence-corrected chi connectivity index (χ2v) is 11.9. The highest BCUT2D eigenvalue weighted by Crippen LogP contribution is 2.42. The molecular weight excluding hydrogens is 576 g/mol. The molecule has 2 aliphatic rings. The average Bonchev–Trinajstić information content (AvgIpc) is 3.32. The summed E-state index contributed by atoms with van der Waals surface area (Å²) in [6, 6.07) is 33.1. The number of likely N-dealkylation sites (tertiary alicyclic amines) is 1. The molecule has 5 aromatic rings. The summed E-state index contributed by atoms with van der Waals surface area (Å²) >= 11 is 0. The van der Waals surface area contributed by atoms with Crippen molar-refractivity contribution in [1.82, 2.24) is 9.80 Å². The molecule has 7 rings (SSSR count). The average molecular weight is 613 g/mol. The molecule has 2 heterocycles. The van der Waals surface area contributed by atoms with Crippen LogP contribution in [0.15, 0.2) is 103 Å². The molecule has 7 nitrogen and oxygen atoms in total. The smallest absolute Gasteiger partial charge is 0.261 e. The van der Waals surface area contributed by atoms with Crippen molar-refractivity contribution in [3.05, 3.63) is 120 Å². The minimum absolute atomic E-state index is 0.289. The number of carbonyl (C=O) groups excluding carboxylic acids is 2. The third kappa shape index (κ3) is 6.19. The van der Waals surface area contributed by atoms with Crippen LogP contribution in [0, 0.1) is 0 Å². The van der Waals surface area contributed by atoms with Crippen molar-refractivity contribution >= 4 is 22.6 Å². The first-order chi connectivity index (χ1) is 22.5. The van der Waals surface area contributed by atoms with E-state index in [-0.39, 0.29) is 11.8 Å². The second kappa shape index (κ2) is 13.1. The number of benzene rings is 5. The van der Waals surface area contributed by atoms with Crippen LogP contribution < -0.4 is 14.2 Å². The van der Waals surface area contributed by atoms with E-state index in [1.165, 1.54) is 26.3 Å². The first kappa shape index (κ1) is 29.6. The Morgan fingerprint density at radius 3 is 2.17 bits per heavy atom. The molecule has 0 unspecified atom stereocenters. The molecular formula is C39H36N2O5. The van der Waals surface area contributed by atoms with Gasteiger partial charge in [-0.25, -0.2) is 0 Å². The lowest BCUT2D eigenvalue weighted by Crippen LogP contribution is -2.33. The van der Waals surface area contributed by atoms with Gasteiger partial charge in [0.1, 0.15) is 36.2 Å². The van der Waals surface area contributed by atoms with Crippen LogP contribution in [0.2, 0.25) is 0 Å². The van der Waals surface area contributed by atoms with Crippen molar-refractivity contribution in [3.8, 4) is 34.1 Å². The Labute approximate surface area is 268 Å². The summed E-state index contributed by atoms with van der Waals surface area (Å²) in [6.07, 6.45) is 3.85. The van der Waals surface area contributed by atoms with E-state index < -0.39 is 0 Å². The topological polar surface area (TPSA) is 68.3 Å². The molecule has 0 aliphatic carbocycles. The molecule has 2 aliphatic heterocycles. The van der Waals surface area contributed by atoms with Crippen LogP contribution in [0.1, 0.15) is 45.5 Å². The van der Waals surface area contributed by atoms with Gasteiger partial charge in [0.2, 0.25) is 0 Å². The van der Waals surface area contributed by atoms with Crippen molar-refractivity contribution in [2.24, 2.45) is 0 Å². The molecule has 0 bridgehead atoms. The number of ether oxygens (including phenoxy) is 3. The van der Waals surface area contributed by atoms with Crippen molar-refractivity contribution in [1.29, 1.82) is 0 Å². The van der Waals surface area contributed by atoms with Gasteiger partial charge in [0.05, 0.1) is 11.1 Å². The lowest BCUT2D eigenvalue weighted by Gasteiger charge is -2.26. The molecule has 1 saturated heterocycles. The van der Waals surface area contributed by atoms with Gasteiger partial charge in [-0.1, -0.05) is 48.9 Å². The number of amides is 2. The summed E-state index contributed by atoms with van der Waals surface area (Å²) < 4.78 is 18.8. The molecule has 5 aromatic carbocycles. The number of hydrogen-bond acceptors (Lipinski definition) is 6. The Kier molecular flexibility index (Phi) is 8.40. The number of rotatable bonds is 10. The minimum atomic E-state index is -0.304. The maximum Gasteiger partial charge on any atom is 0.261 e. The number of fused-ring (bicyclic) bond motifs is 2. The van der Waals surface area contributed by atoms with Crippen LogP contribution >= 0.6 is 0 Å². The fourth-order valence-corrected chi connectivity index (χ4v) is 6.17. The SMILES string of the molecule is CN1C(=O)c2ccc(-c3ccc4cc(OCc5ccccc5)ccc4c3Oc3ccc(OCCN4CCCCC4)cc3)cc2C1=O. The number of nitrogens with zero attached hydrogens (tertiary/aromatic N) is 2. The van der Waals surface area contributed by atoms with Crippen LogP contribution in [-0.2, 0) is 6.61 Å². The van der Waals surface area contributed by atoms with E-state index in [1.807, 2.05) is 91.0 Å². The highest BCUT2D eigenvalue weighted by molar-refractivity contribution is 6.21. The van der Waals surface area contributed by atoms with Crippen LogP contribution in [0.3, 0.4) is 0 Å². The molecule has 0 spiro atoms. The van der Waals surface area contributed by atoms with Gasteiger partial charge < -0.3 is 14.2 Å². The number of piperidine rings is 1. The highest BCUT2D eigenvalue weighted by Gasteiger charge is 2.33. The first-order valence-corrected chi connectivity index (χ1v) is 15.9. The normalized spacial score (nSPS) is 14.8. The summed E-state index contributed by atoms with van der Waals surface area (Å²) in [7, 11) is 1.51. The molecule has 46 heavy (non-hydrogen) atoms. The number of imide groups is 1. The van der Waals surface area contributed by atoms with Crippen LogP contribution in [0.5, 0.6) is 23.0 Å². The fourth-order valence-electron chi connectivity index (χ4n) is 6.17. The summed E-state index contributed by atoms with van der Waals surface area (Å²) in [5.41, 5.74) is 3.50. The third-order valence-corrected chi connectivity index (χ3v) is 8.76. The Bertz CT molecular complexity index is 1880. The predicted octanol–water partition coefficient (Wildman–Crippen LogP) is 7.97. The molecule has 2 amide bonds. The lowest BCUT2D eigenvalue weighted by molar-refractivity contribution is 0.0693. The Hall–Kier alpha value is -5.14. The summed E-state index contributed by atoms with van der Waals surface area (Å²) in [6.45, 7) is 4.35. The monoisotopic (exact) mass is 612 g/mol. The second-order valence-electron chi connectivity index (χ2n) is 11.9. The van der Waals surface area contributed by atoms with E-state index in [4.69, 9.17) is 14.2 Å². The van der Waals surface area contributed by atoms with E-state index >= 15 is 0 Å². The largest absolute Gasteiger partial charge is 0.492 e. The Morgan fingerprint density at radius 2 is 1.37 bits per heavy atom. The molecule has 1 fully saturated rings. The lowest BCUT2D eigenvalue weighted by atomic mass is 9.96. The van der Waals surface area contributed by atoms with Crippen LogP contribution in [-0.4, -0.2) is 54.9 Å². The first-order valence-electron chi connectivity index (χ1n) is 15.9. The van der Waals surface area contributed by atoms with Crippen molar-refractivity contribution < 1.29 is 23.8 Å². The van der Waals surface area contributed by atoms with E-state index in [0.29, 0.717) is 35.8 Å². The molecule has 0 saturated carbocycles. The summed E-state index contributed by atoms with van der Waals surface area (Å²) in [5.74, 6) is 2.27. The van der Waals surface area contributed by atoms with E-state index in [2.05, 4.69) is 4.90 Å². The van der Waals surface area contributed by atoms with E-state index in [9.17, 15) is 9.59 Å².